The summed E-state index contributed by atoms with van der Waals surface area (Å²) in [7, 11) is 0. The van der Waals surface area contributed by atoms with Crippen LogP contribution in [0.3, 0.4) is 0 Å². The van der Waals surface area contributed by atoms with Crippen molar-refractivity contribution in [2.24, 2.45) is 0 Å². The third kappa shape index (κ3) is 2.67. The fourth-order valence-electron chi connectivity index (χ4n) is 2.75. The molecule has 2 aromatic heterocycles. The van der Waals surface area contributed by atoms with Crippen molar-refractivity contribution in [3.05, 3.63) is 60.0 Å². The highest BCUT2D eigenvalue weighted by molar-refractivity contribution is 5.94. The van der Waals surface area contributed by atoms with E-state index in [4.69, 9.17) is 9.47 Å². The zero-order valence-corrected chi connectivity index (χ0v) is 13.2. The number of amides is 1. The van der Waals surface area contributed by atoms with Gasteiger partial charge in [0.15, 0.2) is 11.5 Å². The van der Waals surface area contributed by atoms with Crippen LogP contribution in [0, 0.1) is 0 Å². The summed E-state index contributed by atoms with van der Waals surface area (Å²) in [6.45, 7) is 3.05. The lowest BCUT2D eigenvalue weighted by Gasteiger charge is -2.21. The van der Waals surface area contributed by atoms with Crippen LogP contribution in [0.2, 0.25) is 0 Å². The van der Waals surface area contributed by atoms with Crippen LogP contribution in [-0.2, 0) is 0 Å². The third-order valence-electron chi connectivity index (χ3n) is 4.06. The summed E-state index contributed by atoms with van der Waals surface area (Å²) in [5.74, 6) is 1.33. The summed E-state index contributed by atoms with van der Waals surface area (Å²) in [5, 5.41) is 3.01. The SMILES string of the molecule is C[C@H](NC(=O)c1ccc2nccn2c1)c1ccc2c(c1)OCCO2. The zero-order valence-electron chi connectivity index (χ0n) is 13.2. The van der Waals surface area contributed by atoms with E-state index in [1.54, 1.807) is 18.5 Å². The van der Waals surface area contributed by atoms with Crippen LogP contribution >= 0.6 is 0 Å². The lowest BCUT2D eigenvalue weighted by atomic mass is 10.1. The predicted molar refractivity (Wildman–Crippen MR) is 88.5 cm³/mol. The smallest absolute Gasteiger partial charge is 0.253 e. The molecule has 0 aliphatic carbocycles. The van der Waals surface area contributed by atoms with Crippen LogP contribution in [0.15, 0.2) is 48.9 Å². The van der Waals surface area contributed by atoms with E-state index in [-0.39, 0.29) is 11.9 Å². The Morgan fingerprint density at radius 2 is 2.04 bits per heavy atom. The van der Waals surface area contributed by atoms with E-state index in [1.807, 2.05) is 41.8 Å². The molecule has 0 saturated carbocycles. The summed E-state index contributed by atoms with van der Waals surface area (Å²) in [4.78, 5) is 16.7. The monoisotopic (exact) mass is 323 g/mol. The van der Waals surface area contributed by atoms with Gasteiger partial charge in [-0.1, -0.05) is 6.07 Å². The summed E-state index contributed by atoms with van der Waals surface area (Å²) in [6.07, 6.45) is 5.29. The Labute approximate surface area is 139 Å². The number of pyridine rings is 1. The topological polar surface area (TPSA) is 64.9 Å². The lowest BCUT2D eigenvalue weighted by molar-refractivity contribution is 0.0939. The fraction of sp³-hybridized carbons (Fsp3) is 0.222. The van der Waals surface area contributed by atoms with Crippen molar-refractivity contribution in [3.8, 4) is 11.5 Å². The second kappa shape index (κ2) is 5.88. The Balaban J connectivity index is 1.52. The minimum Gasteiger partial charge on any atom is -0.486 e. The van der Waals surface area contributed by atoms with Gasteiger partial charge in [-0.2, -0.15) is 0 Å². The fourth-order valence-corrected chi connectivity index (χ4v) is 2.75. The molecule has 3 heterocycles. The molecule has 0 saturated heterocycles. The van der Waals surface area contributed by atoms with Gasteiger partial charge in [0.2, 0.25) is 0 Å². The molecule has 0 unspecified atom stereocenters. The van der Waals surface area contributed by atoms with Crippen molar-refractivity contribution in [1.82, 2.24) is 14.7 Å². The number of hydrogen-bond acceptors (Lipinski definition) is 4. The van der Waals surface area contributed by atoms with E-state index in [0.717, 1.165) is 22.7 Å². The molecule has 1 amide bonds. The van der Waals surface area contributed by atoms with Gasteiger partial charge >= 0.3 is 0 Å². The number of benzene rings is 1. The largest absolute Gasteiger partial charge is 0.486 e. The molecule has 1 N–H and O–H groups in total. The minimum absolute atomic E-state index is 0.131. The molecule has 0 radical (unpaired) electrons. The van der Waals surface area contributed by atoms with Crippen LogP contribution in [-0.4, -0.2) is 28.5 Å². The summed E-state index contributed by atoms with van der Waals surface area (Å²) >= 11 is 0. The maximum atomic E-state index is 12.5. The van der Waals surface area contributed by atoms with Crippen molar-refractivity contribution >= 4 is 11.6 Å². The van der Waals surface area contributed by atoms with Gasteiger partial charge in [-0.05, 0) is 36.8 Å². The van der Waals surface area contributed by atoms with Crippen LogP contribution in [0.25, 0.3) is 5.65 Å². The first-order valence-corrected chi connectivity index (χ1v) is 7.84. The molecule has 1 atom stereocenters. The molecule has 0 spiro atoms. The first-order chi connectivity index (χ1) is 11.7. The summed E-state index contributed by atoms with van der Waals surface area (Å²) in [5.41, 5.74) is 2.37. The van der Waals surface area contributed by atoms with Gasteiger partial charge in [-0.25, -0.2) is 4.98 Å². The second-order valence-corrected chi connectivity index (χ2v) is 5.71. The molecule has 6 heteroatoms. The Hall–Kier alpha value is -3.02. The van der Waals surface area contributed by atoms with Gasteiger partial charge in [0.1, 0.15) is 18.9 Å². The maximum absolute atomic E-state index is 12.5. The molecule has 0 fully saturated rings. The number of aromatic nitrogens is 2. The standard InChI is InChI=1S/C18H17N3O3/c1-12(13-2-4-15-16(10-13)24-9-8-23-15)20-18(22)14-3-5-17-19-6-7-21(17)11-14/h2-7,10-12H,8-9H2,1H3,(H,20,22)/t12-/m0/s1. The number of imidazole rings is 1. The molecule has 1 aliphatic heterocycles. The zero-order chi connectivity index (χ0) is 16.5. The number of rotatable bonds is 3. The van der Waals surface area contributed by atoms with Crippen molar-refractivity contribution in [1.29, 1.82) is 0 Å². The Bertz CT molecular complexity index is 903. The summed E-state index contributed by atoms with van der Waals surface area (Å²) < 4.78 is 12.9. The van der Waals surface area contributed by atoms with Crippen molar-refractivity contribution in [3.63, 3.8) is 0 Å². The average molecular weight is 323 g/mol. The number of ether oxygens (including phenoxy) is 2. The highest BCUT2D eigenvalue weighted by Gasteiger charge is 2.16. The average Bonchev–Trinajstić information content (AvgIpc) is 3.08. The van der Waals surface area contributed by atoms with Crippen LogP contribution < -0.4 is 14.8 Å². The van der Waals surface area contributed by atoms with Crippen molar-refractivity contribution in [2.75, 3.05) is 13.2 Å². The molecule has 4 rings (SSSR count). The van der Waals surface area contributed by atoms with Gasteiger partial charge < -0.3 is 19.2 Å². The molecule has 24 heavy (non-hydrogen) atoms. The number of fused-ring (bicyclic) bond motifs is 2. The quantitative estimate of drug-likeness (QED) is 0.805. The third-order valence-corrected chi connectivity index (χ3v) is 4.06. The summed E-state index contributed by atoms with van der Waals surface area (Å²) in [6, 6.07) is 9.18. The van der Waals surface area contributed by atoms with E-state index >= 15 is 0 Å². The normalized spacial score (nSPS) is 14.4. The van der Waals surface area contributed by atoms with Gasteiger partial charge in [0, 0.05) is 18.6 Å². The van der Waals surface area contributed by atoms with Gasteiger partial charge in [-0.15, -0.1) is 0 Å². The molecular weight excluding hydrogens is 306 g/mol. The minimum atomic E-state index is -0.146. The molecule has 1 aromatic carbocycles. The lowest BCUT2D eigenvalue weighted by Crippen LogP contribution is -2.27. The first-order valence-electron chi connectivity index (χ1n) is 7.84. The Kier molecular flexibility index (Phi) is 3.57. The number of hydrogen-bond donors (Lipinski definition) is 1. The highest BCUT2D eigenvalue weighted by Crippen LogP contribution is 2.32. The van der Waals surface area contributed by atoms with Crippen molar-refractivity contribution in [2.45, 2.75) is 13.0 Å². The number of nitrogens with zero attached hydrogens (tertiary/aromatic N) is 2. The maximum Gasteiger partial charge on any atom is 0.253 e. The van der Waals surface area contributed by atoms with E-state index in [0.29, 0.717) is 18.8 Å². The molecular formula is C18H17N3O3. The molecule has 6 nitrogen and oxygen atoms in total. The van der Waals surface area contributed by atoms with E-state index in [2.05, 4.69) is 10.3 Å². The molecule has 1 aliphatic rings. The number of nitrogens with one attached hydrogen (secondary N) is 1. The Morgan fingerprint density at radius 1 is 1.21 bits per heavy atom. The van der Waals surface area contributed by atoms with E-state index in [9.17, 15) is 4.79 Å². The molecule has 122 valence electrons. The number of carbonyl (C=O) groups is 1. The highest BCUT2D eigenvalue weighted by atomic mass is 16.6. The predicted octanol–water partition coefficient (Wildman–Crippen LogP) is 2.60. The van der Waals surface area contributed by atoms with Crippen LogP contribution in [0.1, 0.15) is 28.9 Å². The first kappa shape index (κ1) is 14.6. The number of carbonyl (C=O) groups excluding carboxylic acids is 1. The molecule has 3 aromatic rings. The van der Waals surface area contributed by atoms with Crippen molar-refractivity contribution < 1.29 is 14.3 Å². The van der Waals surface area contributed by atoms with Gasteiger partial charge in [0.25, 0.3) is 5.91 Å². The second-order valence-electron chi connectivity index (χ2n) is 5.71. The Morgan fingerprint density at radius 3 is 2.92 bits per heavy atom. The van der Waals surface area contributed by atoms with E-state index < -0.39 is 0 Å². The van der Waals surface area contributed by atoms with Crippen LogP contribution in [0.4, 0.5) is 0 Å². The van der Waals surface area contributed by atoms with E-state index in [1.165, 1.54) is 0 Å². The molecule has 0 bridgehead atoms. The van der Waals surface area contributed by atoms with Gasteiger partial charge in [-0.3, -0.25) is 4.79 Å². The van der Waals surface area contributed by atoms with Crippen LogP contribution in [0.5, 0.6) is 11.5 Å². The van der Waals surface area contributed by atoms with Gasteiger partial charge in [0.05, 0.1) is 11.6 Å².